The number of furan rings is 1. The van der Waals surface area contributed by atoms with E-state index < -0.39 is 10.8 Å². The number of nitrogens with zero attached hydrogens (tertiary/aromatic N) is 3. The van der Waals surface area contributed by atoms with E-state index in [0.29, 0.717) is 0 Å². The van der Waals surface area contributed by atoms with Crippen LogP contribution >= 0.6 is 22.7 Å². The van der Waals surface area contributed by atoms with E-state index in [4.69, 9.17) is 4.42 Å². The first-order valence-corrected chi connectivity index (χ1v) is 40.9. The normalized spacial score (nSPS) is 14.2. The Hall–Kier alpha value is -14.1. The number of aromatic nitrogens is 1. The van der Waals surface area contributed by atoms with E-state index in [9.17, 15) is 0 Å². The molecule has 530 valence electrons. The van der Waals surface area contributed by atoms with Gasteiger partial charge in [0.2, 0.25) is 0 Å². The van der Waals surface area contributed by atoms with Gasteiger partial charge >= 0.3 is 0 Å². The summed E-state index contributed by atoms with van der Waals surface area (Å²) in [6, 6.07) is 147. The number of para-hydroxylation sites is 6. The van der Waals surface area contributed by atoms with Gasteiger partial charge in [0.1, 0.15) is 5.58 Å². The standard InChI is InChI=1S/C108H65N3OS2/c1-3-24-71(25-4-1)109(75-57-61-97-87(65-75)81-32-12-20-42-96(81)110(97)72-26-5-2-6-27-72)73-53-46-66(47-54-73)68-50-58-80-79-31-9-17-39-91(79)108(94(80)63-68)92-40-18-10-34-84(92)102-86-59-51-69(64-101(86)114-105(102)108)67-48-55-74(56-49-67)111(98-43-23-36-83-82-33-13-21-44-99(82)112-104(83)98)95-41-19-11-28-76(95)70-52-60-93-88(62-70)103-85-35-14-22-45-100(85)113-106(103)107(93)89-37-15-7-29-77(89)78-30-8-16-38-90(78)107/h1-65H. The highest BCUT2D eigenvalue weighted by molar-refractivity contribution is 7.20. The van der Waals surface area contributed by atoms with Gasteiger partial charge in [-0.25, -0.2) is 0 Å². The van der Waals surface area contributed by atoms with Crippen LogP contribution in [0.1, 0.15) is 43.1 Å². The highest BCUT2D eigenvalue weighted by Crippen LogP contribution is 2.69. The number of thiophene rings is 2. The SMILES string of the molecule is c1ccc(N(c2ccc(-c3ccc4c(c3)C3(c5ccccc5-4)c4ccccc4-c4c3sc3cc(-c5ccc(N(c6ccccc6-c6ccc7c(c6)-c6c(sc8ccccc68)C76c7ccccc7-c7ccccc76)c6cccc7c6oc6ccccc67)cc5)ccc43)cc2)c2ccc3c(c2)c2ccccc2n3-c2ccccc2)cc1. The van der Waals surface area contributed by atoms with E-state index in [0.717, 1.165) is 78.4 Å². The first kappa shape index (κ1) is 63.6. The van der Waals surface area contributed by atoms with Crippen LogP contribution in [0.25, 0.3) is 147 Å². The Morgan fingerprint density at radius 2 is 0.719 bits per heavy atom. The molecule has 114 heavy (non-hydrogen) atoms. The van der Waals surface area contributed by atoms with Crippen molar-refractivity contribution in [2.24, 2.45) is 0 Å². The average Bonchev–Trinajstić information content (AvgIpc) is 1.50. The molecule has 0 bridgehead atoms. The van der Waals surface area contributed by atoms with Crippen molar-refractivity contribution in [1.82, 2.24) is 4.57 Å². The molecule has 4 aliphatic carbocycles. The number of benzene rings is 17. The second kappa shape index (κ2) is 24.2. The van der Waals surface area contributed by atoms with E-state index in [1.54, 1.807) is 0 Å². The van der Waals surface area contributed by atoms with Gasteiger partial charge in [-0.15, -0.1) is 22.7 Å². The molecular weight excluding hydrogens is 1420 g/mol. The maximum atomic E-state index is 7.00. The minimum atomic E-state index is -0.536. The number of fused-ring (bicyclic) bond motifs is 30. The Balaban J connectivity index is 0.595. The van der Waals surface area contributed by atoms with Gasteiger partial charge in [0, 0.05) is 96.6 Å². The second-order valence-corrected chi connectivity index (χ2v) is 32.9. The molecule has 0 fully saturated rings. The molecule has 1 atom stereocenters. The molecule has 6 heteroatoms. The predicted molar refractivity (Wildman–Crippen MR) is 477 cm³/mol. The monoisotopic (exact) mass is 1480 g/mol. The molecule has 0 amide bonds. The van der Waals surface area contributed by atoms with Gasteiger partial charge in [0.15, 0.2) is 5.58 Å². The molecule has 1 unspecified atom stereocenters. The largest absolute Gasteiger partial charge is 0.454 e. The zero-order valence-electron chi connectivity index (χ0n) is 61.6. The van der Waals surface area contributed by atoms with Crippen LogP contribution in [0.5, 0.6) is 0 Å². The van der Waals surface area contributed by atoms with Crippen molar-refractivity contribution in [2.45, 2.75) is 10.8 Å². The second-order valence-electron chi connectivity index (χ2n) is 30.8. The molecular formula is C108H65N3OS2. The van der Waals surface area contributed by atoms with Crippen LogP contribution in [-0.2, 0) is 10.8 Å². The Bertz CT molecular complexity index is 7580. The van der Waals surface area contributed by atoms with E-state index in [1.807, 2.05) is 22.7 Å². The Labute approximate surface area is 666 Å². The quantitative estimate of drug-likeness (QED) is 0.136. The molecule has 4 aromatic heterocycles. The topological polar surface area (TPSA) is 24.6 Å². The van der Waals surface area contributed by atoms with Gasteiger partial charge < -0.3 is 18.8 Å². The lowest BCUT2D eigenvalue weighted by molar-refractivity contribution is 0.669. The summed E-state index contributed by atoms with van der Waals surface area (Å²) in [5.74, 6) is 0. The molecule has 0 N–H and O–H groups in total. The van der Waals surface area contributed by atoms with Gasteiger partial charge in [0.05, 0.1) is 33.2 Å². The van der Waals surface area contributed by atoms with Crippen molar-refractivity contribution in [3.63, 3.8) is 0 Å². The smallest absolute Gasteiger partial charge is 0.159 e. The molecule has 0 saturated heterocycles. The summed E-state index contributed by atoms with van der Waals surface area (Å²) in [5, 5.41) is 7.20. The highest BCUT2D eigenvalue weighted by Gasteiger charge is 2.55. The lowest BCUT2D eigenvalue weighted by Gasteiger charge is -2.30. The predicted octanol–water partition coefficient (Wildman–Crippen LogP) is 29.7. The third-order valence-corrected chi connectivity index (χ3v) is 27.8. The molecule has 4 aliphatic rings. The van der Waals surface area contributed by atoms with Crippen LogP contribution in [0.15, 0.2) is 399 Å². The summed E-state index contributed by atoms with van der Waals surface area (Å²) in [7, 11) is 0. The zero-order chi connectivity index (χ0) is 74.5. The van der Waals surface area contributed by atoms with Crippen molar-refractivity contribution in [2.75, 3.05) is 9.80 Å². The molecule has 0 saturated carbocycles. The molecule has 21 aromatic rings. The third-order valence-electron chi connectivity index (χ3n) is 25.2. The fourth-order valence-corrected chi connectivity index (χ4v) is 23.4. The zero-order valence-corrected chi connectivity index (χ0v) is 63.2. The minimum absolute atomic E-state index is 0.441. The van der Waals surface area contributed by atoms with Crippen LogP contribution < -0.4 is 9.80 Å². The molecule has 25 rings (SSSR count). The average molecular weight is 1480 g/mol. The van der Waals surface area contributed by atoms with Crippen molar-refractivity contribution in [3.8, 4) is 83.6 Å². The number of anilines is 6. The third kappa shape index (κ3) is 8.75. The Morgan fingerprint density at radius 1 is 0.246 bits per heavy atom. The van der Waals surface area contributed by atoms with Crippen molar-refractivity contribution in [1.29, 1.82) is 0 Å². The van der Waals surface area contributed by atoms with Gasteiger partial charge in [-0.1, -0.05) is 279 Å². The fourth-order valence-electron chi connectivity index (χ4n) is 20.5. The maximum absolute atomic E-state index is 7.00. The van der Waals surface area contributed by atoms with Gasteiger partial charge in [0.25, 0.3) is 0 Å². The van der Waals surface area contributed by atoms with E-state index in [2.05, 4.69) is 409 Å². The molecule has 4 heterocycles. The van der Waals surface area contributed by atoms with Gasteiger partial charge in [-0.2, -0.15) is 0 Å². The first-order valence-electron chi connectivity index (χ1n) is 39.3. The van der Waals surface area contributed by atoms with Crippen LogP contribution in [0.3, 0.4) is 0 Å². The number of rotatable bonds is 10. The fraction of sp³-hybridized carbons (Fsp3) is 0.0185. The van der Waals surface area contributed by atoms with Crippen molar-refractivity contribution < 1.29 is 4.42 Å². The lowest BCUT2D eigenvalue weighted by Crippen LogP contribution is -2.24. The minimum Gasteiger partial charge on any atom is -0.454 e. The summed E-state index contributed by atoms with van der Waals surface area (Å²) >= 11 is 3.92. The van der Waals surface area contributed by atoms with Crippen LogP contribution in [0.2, 0.25) is 0 Å². The number of hydrogen-bond donors (Lipinski definition) is 0. The van der Waals surface area contributed by atoms with Crippen molar-refractivity contribution >= 4 is 121 Å². The van der Waals surface area contributed by atoms with Gasteiger partial charge in [-0.3, -0.25) is 0 Å². The first-order chi connectivity index (χ1) is 56.5. The molecule has 17 aromatic carbocycles. The molecule has 2 spiro atoms. The lowest BCUT2D eigenvalue weighted by atomic mass is 9.73. The summed E-state index contributed by atoms with van der Waals surface area (Å²) in [5.41, 5.74) is 36.1. The highest BCUT2D eigenvalue weighted by atomic mass is 32.1. The number of hydrogen-bond acceptors (Lipinski definition) is 5. The molecule has 0 aliphatic heterocycles. The van der Waals surface area contributed by atoms with Crippen LogP contribution in [0, 0.1) is 0 Å². The summed E-state index contributed by atoms with van der Waals surface area (Å²) < 4.78 is 12.0. The summed E-state index contributed by atoms with van der Waals surface area (Å²) in [6.45, 7) is 0. The van der Waals surface area contributed by atoms with E-state index in [1.165, 1.54) is 146 Å². The van der Waals surface area contributed by atoms with Crippen LogP contribution in [-0.4, -0.2) is 4.57 Å². The molecule has 0 radical (unpaired) electrons. The summed E-state index contributed by atoms with van der Waals surface area (Å²) in [6.07, 6.45) is 0. The van der Waals surface area contributed by atoms with Gasteiger partial charge in [-0.05, 0) is 210 Å². The van der Waals surface area contributed by atoms with E-state index in [-0.39, 0.29) is 0 Å². The Morgan fingerprint density at radius 3 is 1.45 bits per heavy atom. The van der Waals surface area contributed by atoms with E-state index >= 15 is 0 Å². The summed E-state index contributed by atoms with van der Waals surface area (Å²) in [4.78, 5) is 7.60. The van der Waals surface area contributed by atoms with Crippen LogP contribution in [0.4, 0.5) is 34.1 Å². The maximum Gasteiger partial charge on any atom is 0.159 e. The van der Waals surface area contributed by atoms with Crippen molar-refractivity contribution in [3.05, 3.63) is 437 Å². The Kier molecular flexibility index (Phi) is 13.5. The molecule has 4 nitrogen and oxygen atoms in total.